The Morgan fingerprint density at radius 2 is 2.11 bits per heavy atom. The van der Waals surface area contributed by atoms with Crippen molar-refractivity contribution in [2.24, 2.45) is 0 Å². The number of likely N-dealkylation sites (N-methyl/N-ethyl adjacent to an activating group) is 1. The van der Waals surface area contributed by atoms with Crippen LogP contribution in [0.25, 0.3) is 0 Å². The third kappa shape index (κ3) is 4.58. The van der Waals surface area contributed by atoms with Crippen molar-refractivity contribution in [3.05, 3.63) is 0 Å². The Kier molecular flexibility index (Phi) is 6.65. The van der Waals surface area contributed by atoms with Crippen molar-refractivity contribution >= 4 is 5.91 Å². The van der Waals surface area contributed by atoms with Gasteiger partial charge in [0, 0.05) is 25.2 Å². The molecule has 18 heavy (non-hydrogen) atoms. The second-order valence-electron chi connectivity index (χ2n) is 5.46. The van der Waals surface area contributed by atoms with Crippen LogP contribution in [0.4, 0.5) is 0 Å². The monoisotopic (exact) mass is 255 g/mol. The Morgan fingerprint density at radius 1 is 1.39 bits per heavy atom. The number of hydrogen-bond donors (Lipinski definition) is 1. The maximum Gasteiger partial charge on any atom is 0.236 e. The van der Waals surface area contributed by atoms with Crippen LogP contribution >= 0.6 is 0 Å². The minimum atomic E-state index is 0.262. The summed E-state index contributed by atoms with van der Waals surface area (Å²) >= 11 is 0. The van der Waals surface area contributed by atoms with Gasteiger partial charge in [0.1, 0.15) is 0 Å². The molecule has 0 radical (unpaired) electrons. The molecule has 0 aromatic carbocycles. The van der Waals surface area contributed by atoms with Crippen molar-refractivity contribution in [2.45, 2.75) is 52.1 Å². The molecule has 1 heterocycles. The molecule has 1 amide bonds. The molecule has 1 saturated heterocycles. The van der Waals surface area contributed by atoms with Crippen LogP contribution in [-0.4, -0.2) is 61.0 Å². The normalized spacial score (nSPS) is 23.8. The number of rotatable bonds is 5. The van der Waals surface area contributed by atoms with Crippen LogP contribution in [-0.2, 0) is 4.79 Å². The lowest BCUT2D eigenvalue weighted by Gasteiger charge is -2.30. The highest BCUT2D eigenvalue weighted by molar-refractivity contribution is 5.78. The zero-order chi connectivity index (χ0) is 13.5. The van der Waals surface area contributed by atoms with Crippen LogP contribution in [0.3, 0.4) is 0 Å². The van der Waals surface area contributed by atoms with E-state index < -0.39 is 0 Å². The van der Waals surface area contributed by atoms with E-state index in [1.54, 1.807) is 0 Å². The number of nitrogens with zero attached hydrogens (tertiary/aromatic N) is 2. The number of carbonyl (C=O) groups is 1. The van der Waals surface area contributed by atoms with Crippen molar-refractivity contribution in [1.82, 2.24) is 15.1 Å². The van der Waals surface area contributed by atoms with Gasteiger partial charge < -0.3 is 15.1 Å². The Hall–Kier alpha value is -0.610. The SMILES string of the molecule is CCC(C)NCC(=O)N1CCCN(C)CC1CC. The summed E-state index contributed by atoms with van der Waals surface area (Å²) in [5.74, 6) is 0.262. The minimum Gasteiger partial charge on any atom is -0.337 e. The molecule has 1 aliphatic rings. The molecule has 1 fully saturated rings. The Bertz CT molecular complexity index is 257. The standard InChI is InChI=1S/C14H29N3O/c1-5-12(3)15-10-14(18)17-9-7-8-16(4)11-13(17)6-2/h12-13,15H,5-11H2,1-4H3. The van der Waals surface area contributed by atoms with Crippen LogP contribution < -0.4 is 5.32 Å². The van der Waals surface area contributed by atoms with E-state index in [9.17, 15) is 4.79 Å². The molecule has 4 heteroatoms. The largest absolute Gasteiger partial charge is 0.337 e. The van der Waals surface area contributed by atoms with Gasteiger partial charge in [0.25, 0.3) is 0 Å². The molecular formula is C14H29N3O. The molecule has 4 nitrogen and oxygen atoms in total. The zero-order valence-corrected chi connectivity index (χ0v) is 12.4. The van der Waals surface area contributed by atoms with Gasteiger partial charge in [-0.15, -0.1) is 0 Å². The van der Waals surface area contributed by atoms with Crippen LogP contribution in [0.2, 0.25) is 0 Å². The third-order valence-electron chi connectivity index (χ3n) is 3.91. The van der Waals surface area contributed by atoms with Crippen LogP contribution in [0.15, 0.2) is 0 Å². The second-order valence-corrected chi connectivity index (χ2v) is 5.46. The van der Waals surface area contributed by atoms with Gasteiger partial charge >= 0.3 is 0 Å². The fourth-order valence-electron chi connectivity index (χ4n) is 2.43. The summed E-state index contributed by atoms with van der Waals surface area (Å²) in [6.45, 7) is 9.93. The van der Waals surface area contributed by atoms with Crippen LogP contribution in [0.5, 0.6) is 0 Å². The van der Waals surface area contributed by atoms with E-state index in [1.807, 2.05) is 0 Å². The fraction of sp³-hybridized carbons (Fsp3) is 0.929. The molecule has 1 aliphatic heterocycles. The lowest BCUT2D eigenvalue weighted by molar-refractivity contribution is -0.132. The molecule has 0 aromatic heterocycles. The van der Waals surface area contributed by atoms with Crippen LogP contribution in [0, 0.1) is 0 Å². The van der Waals surface area contributed by atoms with Gasteiger partial charge in [0.15, 0.2) is 0 Å². The van der Waals surface area contributed by atoms with E-state index in [4.69, 9.17) is 0 Å². The van der Waals surface area contributed by atoms with Gasteiger partial charge in [-0.2, -0.15) is 0 Å². The smallest absolute Gasteiger partial charge is 0.236 e. The highest BCUT2D eigenvalue weighted by atomic mass is 16.2. The average Bonchev–Trinajstić information content (AvgIpc) is 2.56. The van der Waals surface area contributed by atoms with Crippen molar-refractivity contribution in [2.75, 3.05) is 33.2 Å². The first-order valence-corrected chi connectivity index (χ1v) is 7.29. The van der Waals surface area contributed by atoms with E-state index in [0.29, 0.717) is 18.6 Å². The lowest BCUT2D eigenvalue weighted by atomic mass is 10.2. The Labute approximate surface area is 112 Å². The molecule has 2 unspecified atom stereocenters. The summed E-state index contributed by atoms with van der Waals surface area (Å²) in [4.78, 5) is 16.7. The molecule has 1 N–H and O–H groups in total. The highest BCUT2D eigenvalue weighted by Gasteiger charge is 2.25. The number of carbonyl (C=O) groups excluding carboxylic acids is 1. The van der Waals surface area contributed by atoms with Gasteiger partial charge in [-0.3, -0.25) is 4.79 Å². The van der Waals surface area contributed by atoms with Crippen molar-refractivity contribution in [3.8, 4) is 0 Å². The van der Waals surface area contributed by atoms with Gasteiger partial charge in [-0.1, -0.05) is 13.8 Å². The zero-order valence-electron chi connectivity index (χ0n) is 12.4. The Morgan fingerprint density at radius 3 is 2.72 bits per heavy atom. The highest BCUT2D eigenvalue weighted by Crippen LogP contribution is 2.12. The van der Waals surface area contributed by atoms with E-state index in [0.717, 1.165) is 38.9 Å². The van der Waals surface area contributed by atoms with Crippen molar-refractivity contribution in [3.63, 3.8) is 0 Å². The number of hydrogen-bond acceptors (Lipinski definition) is 3. The van der Waals surface area contributed by atoms with Gasteiger partial charge in [0.05, 0.1) is 6.54 Å². The van der Waals surface area contributed by atoms with Gasteiger partial charge in [-0.25, -0.2) is 0 Å². The van der Waals surface area contributed by atoms with Crippen molar-refractivity contribution in [1.29, 1.82) is 0 Å². The van der Waals surface area contributed by atoms with E-state index in [1.165, 1.54) is 0 Å². The molecule has 2 atom stereocenters. The molecule has 0 aliphatic carbocycles. The summed E-state index contributed by atoms with van der Waals surface area (Å²) in [5.41, 5.74) is 0. The van der Waals surface area contributed by atoms with E-state index in [2.05, 4.69) is 42.9 Å². The molecule has 1 rings (SSSR count). The predicted molar refractivity (Wildman–Crippen MR) is 75.7 cm³/mol. The number of nitrogens with one attached hydrogen (secondary N) is 1. The topological polar surface area (TPSA) is 35.6 Å². The second kappa shape index (κ2) is 7.74. The quantitative estimate of drug-likeness (QED) is 0.805. The van der Waals surface area contributed by atoms with Gasteiger partial charge in [-0.05, 0) is 39.8 Å². The predicted octanol–water partition coefficient (Wildman–Crippen LogP) is 1.32. The van der Waals surface area contributed by atoms with E-state index in [-0.39, 0.29) is 5.91 Å². The maximum absolute atomic E-state index is 12.3. The van der Waals surface area contributed by atoms with Gasteiger partial charge in [0.2, 0.25) is 5.91 Å². The molecule has 0 bridgehead atoms. The third-order valence-corrected chi connectivity index (χ3v) is 3.91. The lowest BCUT2D eigenvalue weighted by Crippen LogP contribution is -2.47. The summed E-state index contributed by atoms with van der Waals surface area (Å²) in [6, 6.07) is 0.799. The fourth-order valence-corrected chi connectivity index (χ4v) is 2.43. The summed E-state index contributed by atoms with van der Waals surface area (Å²) in [7, 11) is 2.15. The maximum atomic E-state index is 12.3. The molecule has 0 saturated carbocycles. The van der Waals surface area contributed by atoms with E-state index >= 15 is 0 Å². The first-order valence-electron chi connectivity index (χ1n) is 7.29. The first kappa shape index (κ1) is 15.4. The first-order chi connectivity index (χ1) is 8.58. The summed E-state index contributed by atoms with van der Waals surface area (Å²) in [5, 5.41) is 3.30. The summed E-state index contributed by atoms with van der Waals surface area (Å²) in [6.07, 6.45) is 3.19. The molecular weight excluding hydrogens is 226 g/mol. The van der Waals surface area contributed by atoms with Crippen molar-refractivity contribution < 1.29 is 4.79 Å². The molecule has 0 aromatic rings. The Balaban J connectivity index is 2.52. The van der Waals surface area contributed by atoms with Crippen LogP contribution in [0.1, 0.15) is 40.0 Å². The average molecular weight is 255 g/mol. The number of amides is 1. The summed E-state index contributed by atoms with van der Waals surface area (Å²) < 4.78 is 0. The molecule has 0 spiro atoms. The minimum absolute atomic E-state index is 0.262. The molecule has 106 valence electrons.